The van der Waals surface area contributed by atoms with Crippen molar-refractivity contribution in [3.05, 3.63) is 64.6 Å². The van der Waals surface area contributed by atoms with Crippen LogP contribution in [-0.4, -0.2) is 32.7 Å². The summed E-state index contributed by atoms with van der Waals surface area (Å²) in [4.78, 5) is 34.9. The molecule has 3 heterocycles. The van der Waals surface area contributed by atoms with Crippen LogP contribution in [-0.2, 0) is 16.1 Å². The Morgan fingerprint density at radius 1 is 1.19 bits per heavy atom. The van der Waals surface area contributed by atoms with Crippen LogP contribution >= 0.6 is 24.0 Å². The minimum atomic E-state index is -0.614. The number of ether oxygens (including phenoxy) is 1. The fourth-order valence-corrected chi connectivity index (χ4v) is 4.45. The van der Waals surface area contributed by atoms with Crippen LogP contribution in [0.5, 0.6) is 5.75 Å². The third-order valence-electron chi connectivity index (χ3n) is 4.79. The zero-order valence-corrected chi connectivity index (χ0v) is 17.4. The van der Waals surface area contributed by atoms with E-state index in [-0.39, 0.29) is 30.7 Å². The summed E-state index contributed by atoms with van der Waals surface area (Å²) in [5.74, 6) is -1.25. The quantitative estimate of drug-likeness (QED) is 0.483. The molecule has 2 aliphatic heterocycles. The smallest absolute Gasteiger partial charge is 0.265 e. The van der Waals surface area contributed by atoms with Crippen LogP contribution in [0.2, 0.25) is 0 Å². The van der Waals surface area contributed by atoms with Crippen molar-refractivity contribution in [2.45, 2.75) is 6.54 Å². The normalized spacial score (nSPS) is 17.1. The number of thiocarbonyl (C=S) groups is 1. The molecule has 1 saturated heterocycles. The molecule has 0 unspecified atom stereocenters. The van der Waals surface area contributed by atoms with Crippen molar-refractivity contribution in [3.63, 3.8) is 0 Å². The lowest BCUT2D eigenvalue weighted by Crippen LogP contribution is -2.38. The van der Waals surface area contributed by atoms with Crippen molar-refractivity contribution in [2.24, 2.45) is 0 Å². The van der Waals surface area contributed by atoms with Crippen LogP contribution < -0.4 is 15.0 Å². The average molecular weight is 452 g/mol. The third-order valence-corrected chi connectivity index (χ3v) is 5.96. The predicted molar refractivity (Wildman–Crippen MR) is 119 cm³/mol. The molecule has 0 spiro atoms. The highest BCUT2D eigenvalue weighted by molar-refractivity contribution is 8.26. The first kappa shape index (κ1) is 19.6. The number of rotatable bonds is 3. The van der Waals surface area contributed by atoms with Gasteiger partial charge in [0.05, 0.1) is 28.2 Å². The number of benzene rings is 2. The summed E-state index contributed by atoms with van der Waals surface area (Å²) in [7, 11) is 0. The lowest BCUT2D eigenvalue weighted by atomic mass is 10.1. The number of thioether (sulfide) groups is 1. The van der Waals surface area contributed by atoms with Crippen LogP contribution in [0.3, 0.4) is 0 Å². The van der Waals surface area contributed by atoms with E-state index in [1.165, 1.54) is 17.0 Å². The molecule has 1 fully saturated rings. The van der Waals surface area contributed by atoms with Gasteiger partial charge in [0.2, 0.25) is 0 Å². The van der Waals surface area contributed by atoms with Crippen LogP contribution in [0.15, 0.2) is 47.6 Å². The molecule has 1 N–H and O–H groups in total. The van der Waals surface area contributed by atoms with E-state index in [1.54, 1.807) is 18.5 Å². The molecule has 0 bridgehead atoms. The molecule has 31 heavy (non-hydrogen) atoms. The molecular formula is C21H13FN4O3S2. The van der Waals surface area contributed by atoms with Crippen molar-refractivity contribution in [2.75, 3.05) is 11.5 Å². The molecule has 2 aromatic carbocycles. The van der Waals surface area contributed by atoms with E-state index < -0.39 is 5.82 Å². The van der Waals surface area contributed by atoms with Gasteiger partial charge in [0.15, 0.2) is 18.2 Å². The molecular weight excluding hydrogens is 439 g/mol. The summed E-state index contributed by atoms with van der Waals surface area (Å²) in [6, 6.07) is 8.40. The number of halogens is 1. The fraction of sp³-hybridized carbons (Fsp3) is 0.0952. The maximum Gasteiger partial charge on any atom is 0.265 e. The summed E-state index contributed by atoms with van der Waals surface area (Å²) in [5, 5.41) is 2.52. The van der Waals surface area contributed by atoms with E-state index in [0.717, 1.165) is 22.8 Å². The molecule has 154 valence electrons. The Kier molecular flexibility index (Phi) is 4.87. The van der Waals surface area contributed by atoms with Gasteiger partial charge in [0.25, 0.3) is 11.8 Å². The summed E-state index contributed by atoms with van der Waals surface area (Å²) in [6.45, 7) is -0.0508. The number of fused-ring (bicyclic) bond motifs is 2. The van der Waals surface area contributed by atoms with Crippen LogP contribution in [0, 0.1) is 5.82 Å². The van der Waals surface area contributed by atoms with E-state index in [4.69, 9.17) is 17.0 Å². The number of carbonyl (C=O) groups excluding carboxylic acids is 2. The highest BCUT2D eigenvalue weighted by atomic mass is 32.2. The second-order valence-corrected chi connectivity index (χ2v) is 8.57. The van der Waals surface area contributed by atoms with Gasteiger partial charge in [-0.2, -0.15) is 0 Å². The van der Waals surface area contributed by atoms with Gasteiger partial charge in [-0.1, -0.05) is 30.0 Å². The number of nitrogens with one attached hydrogen (secondary N) is 1. The second-order valence-electron chi connectivity index (χ2n) is 6.85. The van der Waals surface area contributed by atoms with Gasteiger partial charge < -0.3 is 15.0 Å². The number of nitrogens with zero attached hydrogens (tertiary/aromatic N) is 3. The molecule has 2 amide bonds. The van der Waals surface area contributed by atoms with Gasteiger partial charge >= 0.3 is 0 Å². The monoisotopic (exact) mass is 452 g/mol. The van der Waals surface area contributed by atoms with E-state index in [2.05, 4.69) is 15.3 Å². The van der Waals surface area contributed by atoms with Gasteiger partial charge in [-0.25, -0.2) is 4.39 Å². The minimum absolute atomic E-state index is 0.00128. The number of hydrogen-bond donors (Lipinski definition) is 1. The Balaban J connectivity index is 1.53. The van der Waals surface area contributed by atoms with E-state index in [9.17, 15) is 14.0 Å². The van der Waals surface area contributed by atoms with Gasteiger partial charge in [-0.15, -0.1) is 0 Å². The lowest BCUT2D eigenvalue weighted by molar-refractivity contribution is -0.121. The Morgan fingerprint density at radius 3 is 2.77 bits per heavy atom. The van der Waals surface area contributed by atoms with Gasteiger partial charge in [-0.3, -0.25) is 19.6 Å². The molecule has 10 heteroatoms. The predicted octanol–water partition coefficient (Wildman–Crippen LogP) is 3.18. The maximum absolute atomic E-state index is 14.8. The molecule has 0 aliphatic carbocycles. The first-order chi connectivity index (χ1) is 15.0. The standard InChI is InChI=1S/C21H13FN4O3S2/c22-13-5-12(8-17-20(28)25-21(30)31-17)7-16-19(13)29-10-18(27)26(16)9-11-1-2-14-15(6-11)24-4-3-23-14/h1-8H,9-10H2,(H,25,28,30). The van der Waals surface area contributed by atoms with Gasteiger partial charge in [-0.05, 0) is 41.5 Å². The third kappa shape index (κ3) is 3.75. The number of anilines is 1. The average Bonchev–Trinajstić information content (AvgIpc) is 3.06. The molecule has 2 aliphatic rings. The van der Waals surface area contributed by atoms with Crippen molar-refractivity contribution in [1.82, 2.24) is 15.3 Å². The first-order valence-corrected chi connectivity index (χ1v) is 10.4. The zero-order chi connectivity index (χ0) is 21.5. The Bertz CT molecular complexity index is 1310. The zero-order valence-electron chi connectivity index (χ0n) is 15.8. The lowest BCUT2D eigenvalue weighted by Gasteiger charge is -2.30. The highest BCUT2D eigenvalue weighted by Gasteiger charge is 2.29. The Morgan fingerprint density at radius 2 is 2.00 bits per heavy atom. The summed E-state index contributed by atoms with van der Waals surface area (Å²) >= 11 is 6.09. The van der Waals surface area contributed by atoms with Crippen molar-refractivity contribution in [1.29, 1.82) is 0 Å². The molecule has 0 saturated carbocycles. The van der Waals surface area contributed by atoms with Crippen molar-refractivity contribution < 1.29 is 18.7 Å². The molecule has 0 radical (unpaired) electrons. The maximum atomic E-state index is 14.8. The fourth-order valence-electron chi connectivity index (χ4n) is 3.41. The first-order valence-electron chi connectivity index (χ1n) is 9.19. The van der Waals surface area contributed by atoms with E-state index >= 15 is 0 Å². The minimum Gasteiger partial charge on any atom is -0.478 e. The van der Waals surface area contributed by atoms with Crippen LogP contribution in [0.4, 0.5) is 10.1 Å². The topological polar surface area (TPSA) is 84.4 Å². The van der Waals surface area contributed by atoms with Gasteiger partial charge in [0.1, 0.15) is 4.32 Å². The molecule has 5 rings (SSSR count). The number of amides is 2. The van der Waals surface area contributed by atoms with Crippen LogP contribution in [0.25, 0.3) is 17.1 Å². The van der Waals surface area contributed by atoms with Crippen molar-refractivity contribution >= 4 is 62.9 Å². The molecule has 7 nitrogen and oxygen atoms in total. The summed E-state index contributed by atoms with van der Waals surface area (Å²) < 4.78 is 20.5. The highest BCUT2D eigenvalue weighted by Crippen LogP contribution is 2.38. The second kappa shape index (κ2) is 7.71. The summed E-state index contributed by atoms with van der Waals surface area (Å²) in [5.41, 5.74) is 2.98. The van der Waals surface area contributed by atoms with Crippen LogP contribution in [0.1, 0.15) is 11.1 Å². The summed E-state index contributed by atoms with van der Waals surface area (Å²) in [6.07, 6.45) is 4.74. The SMILES string of the molecule is O=C1NC(=S)SC1=Cc1cc(F)c2c(c1)N(Cc1ccc3nccnc3c1)C(=O)CO2. The largest absolute Gasteiger partial charge is 0.478 e. The number of hydrogen-bond acceptors (Lipinski definition) is 7. The van der Waals surface area contributed by atoms with E-state index in [1.807, 2.05) is 18.2 Å². The molecule has 3 aromatic rings. The molecule has 0 atom stereocenters. The number of carbonyl (C=O) groups is 2. The number of aromatic nitrogens is 2. The Hall–Kier alpha value is -3.37. The van der Waals surface area contributed by atoms with Gasteiger partial charge in [0, 0.05) is 12.4 Å². The van der Waals surface area contributed by atoms with Crippen molar-refractivity contribution in [3.8, 4) is 5.75 Å². The molecule has 1 aromatic heterocycles. The van der Waals surface area contributed by atoms with E-state index in [0.29, 0.717) is 26.0 Å². The Labute approximate surface area is 185 Å².